The van der Waals surface area contributed by atoms with Gasteiger partial charge in [-0.25, -0.2) is 4.79 Å². The maximum atomic E-state index is 13.1. The first-order valence-corrected chi connectivity index (χ1v) is 12.5. The van der Waals surface area contributed by atoms with E-state index >= 15 is 0 Å². The standard InChI is InChI=1S/C24H26ClNO3S2/c1-5-29-23(28)18-14-11-10-13(24(2,3)4)12-17(14)31-22(18)26-21(27)20-19(25)15-8-6-7-9-16(15)30-20/h6-9,13H,5,10-12H2,1-4H3,(H,26,27)/t13-/m1/s1. The van der Waals surface area contributed by atoms with Crippen molar-refractivity contribution in [1.82, 2.24) is 0 Å². The second-order valence-corrected chi connectivity index (χ2v) is 11.5. The Kier molecular flexibility index (Phi) is 6.16. The molecule has 0 spiro atoms. The van der Waals surface area contributed by atoms with Crippen molar-refractivity contribution in [2.75, 3.05) is 11.9 Å². The van der Waals surface area contributed by atoms with Gasteiger partial charge >= 0.3 is 5.97 Å². The summed E-state index contributed by atoms with van der Waals surface area (Å²) in [5.41, 5.74) is 1.74. The van der Waals surface area contributed by atoms with Crippen LogP contribution in [0.1, 0.15) is 64.6 Å². The maximum Gasteiger partial charge on any atom is 0.341 e. The third-order valence-corrected chi connectivity index (χ3v) is 8.78. The summed E-state index contributed by atoms with van der Waals surface area (Å²) >= 11 is 9.36. The summed E-state index contributed by atoms with van der Waals surface area (Å²) in [6.07, 6.45) is 2.76. The lowest BCUT2D eigenvalue weighted by Crippen LogP contribution is -2.26. The molecule has 2 heterocycles. The molecule has 7 heteroatoms. The van der Waals surface area contributed by atoms with Crippen molar-refractivity contribution in [3.05, 3.63) is 50.2 Å². The van der Waals surface area contributed by atoms with Gasteiger partial charge in [-0.3, -0.25) is 4.79 Å². The van der Waals surface area contributed by atoms with Crippen molar-refractivity contribution in [3.8, 4) is 0 Å². The summed E-state index contributed by atoms with van der Waals surface area (Å²) in [6, 6.07) is 7.68. The summed E-state index contributed by atoms with van der Waals surface area (Å²) in [5.74, 6) is -0.121. The number of thiophene rings is 2. The van der Waals surface area contributed by atoms with Crippen LogP contribution >= 0.6 is 34.3 Å². The van der Waals surface area contributed by atoms with Crippen LogP contribution in [0.3, 0.4) is 0 Å². The number of ether oxygens (including phenoxy) is 1. The minimum absolute atomic E-state index is 0.194. The summed E-state index contributed by atoms with van der Waals surface area (Å²) in [7, 11) is 0. The zero-order valence-corrected chi connectivity index (χ0v) is 20.5. The number of amides is 1. The lowest BCUT2D eigenvalue weighted by Gasteiger charge is -2.33. The van der Waals surface area contributed by atoms with Gasteiger partial charge in [0.25, 0.3) is 5.91 Å². The molecule has 1 aliphatic carbocycles. The van der Waals surface area contributed by atoms with Crippen LogP contribution in [-0.2, 0) is 17.6 Å². The molecule has 4 nitrogen and oxygen atoms in total. The molecule has 31 heavy (non-hydrogen) atoms. The van der Waals surface area contributed by atoms with Crippen LogP contribution in [-0.4, -0.2) is 18.5 Å². The van der Waals surface area contributed by atoms with Crippen LogP contribution in [0.15, 0.2) is 24.3 Å². The molecule has 3 aromatic rings. The van der Waals surface area contributed by atoms with Crippen molar-refractivity contribution in [2.24, 2.45) is 11.3 Å². The van der Waals surface area contributed by atoms with Gasteiger partial charge in [-0.1, -0.05) is 50.6 Å². The van der Waals surface area contributed by atoms with E-state index in [0.29, 0.717) is 33.0 Å². The molecule has 1 amide bonds. The number of carbonyl (C=O) groups excluding carboxylic acids is 2. The molecule has 164 valence electrons. The molecule has 0 saturated carbocycles. The molecule has 1 atom stereocenters. The number of fused-ring (bicyclic) bond motifs is 2. The monoisotopic (exact) mass is 475 g/mol. The summed E-state index contributed by atoms with van der Waals surface area (Å²) in [6.45, 7) is 8.86. The van der Waals surface area contributed by atoms with Crippen LogP contribution in [0.25, 0.3) is 10.1 Å². The topological polar surface area (TPSA) is 55.4 Å². The van der Waals surface area contributed by atoms with E-state index in [-0.39, 0.29) is 17.3 Å². The van der Waals surface area contributed by atoms with Gasteiger partial charge in [-0.05, 0) is 49.1 Å². The number of rotatable bonds is 4. The molecule has 0 saturated heterocycles. The first-order valence-electron chi connectivity index (χ1n) is 10.5. The predicted octanol–water partition coefficient (Wildman–Crippen LogP) is 7.20. The van der Waals surface area contributed by atoms with Gasteiger partial charge in [0.2, 0.25) is 0 Å². The number of hydrogen-bond acceptors (Lipinski definition) is 5. The minimum Gasteiger partial charge on any atom is -0.462 e. The third-order valence-electron chi connectivity index (χ3n) is 5.94. The van der Waals surface area contributed by atoms with Gasteiger partial charge in [0.1, 0.15) is 9.88 Å². The minimum atomic E-state index is -0.369. The van der Waals surface area contributed by atoms with Gasteiger partial charge in [0.15, 0.2) is 0 Å². The summed E-state index contributed by atoms with van der Waals surface area (Å²) < 4.78 is 6.30. The van der Waals surface area contributed by atoms with Crippen molar-refractivity contribution < 1.29 is 14.3 Å². The fraction of sp³-hybridized carbons (Fsp3) is 0.417. The first kappa shape index (κ1) is 22.3. The number of anilines is 1. The molecule has 0 unspecified atom stereocenters. The molecule has 4 rings (SSSR count). The average molecular weight is 476 g/mol. The second kappa shape index (κ2) is 8.57. The van der Waals surface area contributed by atoms with Crippen LogP contribution < -0.4 is 5.32 Å². The Labute approximate surface area is 195 Å². The first-order chi connectivity index (χ1) is 14.7. The van der Waals surface area contributed by atoms with E-state index in [4.69, 9.17) is 16.3 Å². The van der Waals surface area contributed by atoms with Crippen molar-refractivity contribution in [1.29, 1.82) is 0 Å². The van der Waals surface area contributed by atoms with E-state index in [1.54, 1.807) is 6.92 Å². The molecule has 0 fully saturated rings. The van der Waals surface area contributed by atoms with E-state index < -0.39 is 0 Å². The lowest BCUT2D eigenvalue weighted by molar-refractivity contribution is 0.0526. The van der Waals surface area contributed by atoms with E-state index in [1.807, 2.05) is 24.3 Å². The molecule has 2 aromatic heterocycles. The van der Waals surface area contributed by atoms with Gasteiger partial charge < -0.3 is 10.1 Å². The summed E-state index contributed by atoms with van der Waals surface area (Å²) in [4.78, 5) is 27.6. The van der Waals surface area contributed by atoms with E-state index in [9.17, 15) is 9.59 Å². The Morgan fingerprint density at radius 1 is 1.23 bits per heavy atom. The predicted molar refractivity (Wildman–Crippen MR) is 130 cm³/mol. The summed E-state index contributed by atoms with van der Waals surface area (Å²) in [5, 5.41) is 4.86. The second-order valence-electron chi connectivity index (χ2n) is 8.93. The van der Waals surface area contributed by atoms with E-state index in [2.05, 4.69) is 26.1 Å². The Hall–Kier alpha value is -1.89. The normalized spacial score (nSPS) is 16.2. The average Bonchev–Trinajstić information content (AvgIpc) is 3.24. The third kappa shape index (κ3) is 4.26. The zero-order chi connectivity index (χ0) is 22.3. The number of halogens is 1. The number of esters is 1. The lowest BCUT2D eigenvalue weighted by atomic mass is 9.72. The highest BCUT2D eigenvalue weighted by atomic mass is 35.5. The molecule has 1 N–H and O–H groups in total. The van der Waals surface area contributed by atoms with Gasteiger partial charge in [-0.2, -0.15) is 0 Å². The Morgan fingerprint density at radius 2 is 1.97 bits per heavy atom. The van der Waals surface area contributed by atoms with Crippen LogP contribution in [0, 0.1) is 11.3 Å². The smallest absolute Gasteiger partial charge is 0.341 e. The maximum absolute atomic E-state index is 13.1. The zero-order valence-electron chi connectivity index (χ0n) is 18.1. The Bertz CT molecular complexity index is 1160. The van der Waals surface area contributed by atoms with Gasteiger partial charge in [0, 0.05) is 15.0 Å². The van der Waals surface area contributed by atoms with Gasteiger partial charge in [0.05, 0.1) is 17.2 Å². The van der Waals surface area contributed by atoms with Crippen LogP contribution in [0.4, 0.5) is 5.00 Å². The highest BCUT2D eigenvalue weighted by Crippen LogP contribution is 2.45. The van der Waals surface area contributed by atoms with Crippen molar-refractivity contribution >= 4 is 61.2 Å². The quantitative estimate of drug-likeness (QED) is 0.406. The molecule has 1 aromatic carbocycles. The van der Waals surface area contributed by atoms with E-state index in [1.165, 1.54) is 27.6 Å². The number of nitrogens with one attached hydrogen (secondary N) is 1. The van der Waals surface area contributed by atoms with Gasteiger partial charge in [-0.15, -0.1) is 22.7 Å². The largest absolute Gasteiger partial charge is 0.462 e. The van der Waals surface area contributed by atoms with Crippen LogP contribution in [0.5, 0.6) is 0 Å². The SMILES string of the molecule is CCOC(=O)c1c(NC(=O)c2sc3ccccc3c2Cl)sc2c1CC[C@@H](C(C)(C)C)C2. The van der Waals surface area contributed by atoms with Crippen molar-refractivity contribution in [3.63, 3.8) is 0 Å². The fourth-order valence-corrected chi connectivity index (χ4v) is 6.88. The molecule has 0 radical (unpaired) electrons. The fourth-order valence-electron chi connectivity index (χ4n) is 4.15. The van der Waals surface area contributed by atoms with Crippen molar-refractivity contribution in [2.45, 2.75) is 47.0 Å². The molecule has 0 bridgehead atoms. The molecular formula is C24H26ClNO3S2. The number of carbonyl (C=O) groups is 2. The Morgan fingerprint density at radius 3 is 2.65 bits per heavy atom. The number of hydrogen-bond donors (Lipinski definition) is 1. The van der Waals surface area contributed by atoms with Crippen LogP contribution in [0.2, 0.25) is 5.02 Å². The number of benzene rings is 1. The van der Waals surface area contributed by atoms with E-state index in [0.717, 1.165) is 34.9 Å². The Balaban J connectivity index is 1.70. The highest BCUT2D eigenvalue weighted by molar-refractivity contribution is 7.22. The highest BCUT2D eigenvalue weighted by Gasteiger charge is 2.34. The molecule has 1 aliphatic rings. The molecule has 0 aliphatic heterocycles. The molecular weight excluding hydrogens is 450 g/mol.